The molecule has 6 atom stereocenters. The van der Waals surface area contributed by atoms with Crippen molar-refractivity contribution >= 4 is 11.6 Å². The van der Waals surface area contributed by atoms with E-state index >= 15 is 0 Å². The molecule has 84 valence electrons. The van der Waals surface area contributed by atoms with Gasteiger partial charge >= 0.3 is 0 Å². The summed E-state index contributed by atoms with van der Waals surface area (Å²) in [5.41, 5.74) is -0.462. The normalized spacial score (nSPS) is 55.3. The van der Waals surface area contributed by atoms with Gasteiger partial charge in [0.1, 0.15) is 18.0 Å². The van der Waals surface area contributed by atoms with Crippen LogP contribution in [0.3, 0.4) is 0 Å². The molecule has 0 aromatic rings. The van der Waals surface area contributed by atoms with Crippen LogP contribution in [0.5, 0.6) is 0 Å². The van der Waals surface area contributed by atoms with E-state index in [-0.39, 0.29) is 35.6 Å². The second-order valence-corrected chi connectivity index (χ2v) is 5.46. The van der Waals surface area contributed by atoms with Crippen LogP contribution >= 0.6 is 0 Å². The van der Waals surface area contributed by atoms with Gasteiger partial charge in [0, 0.05) is 12.3 Å². The molecule has 0 spiro atoms. The SMILES string of the molecule is CCC(=O)[C@@]12[C@H]3C=C[C@@H](C3)[C@@H]1C(=O)[C@H]1O[C@@H]12. The van der Waals surface area contributed by atoms with E-state index in [0.717, 1.165) is 6.42 Å². The Balaban J connectivity index is 1.90. The number of ketones is 2. The Labute approximate surface area is 93.8 Å². The fraction of sp³-hybridized carbons (Fsp3) is 0.692. The van der Waals surface area contributed by atoms with Gasteiger partial charge in [-0.15, -0.1) is 0 Å². The number of epoxide rings is 1. The van der Waals surface area contributed by atoms with Crippen molar-refractivity contribution in [3.8, 4) is 0 Å². The highest BCUT2D eigenvalue weighted by molar-refractivity contribution is 6.03. The Bertz CT molecular complexity index is 438. The molecule has 4 aliphatic rings. The predicted molar refractivity (Wildman–Crippen MR) is 55.6 cm³/mol. The van der Waals surface area contributed by atoms with Crippen LogP contribution in [0.15, 0.2) is 12.2 Å². The van der Waals surface area contributed by atoms with E-state index in [1.165, 1.54) is 0 Å². The topological polar surface area (TPSA) is 46.7 Å². The van der Waals surface area contributed by atoms with Crippen LogP contribution in [-0.2, 0) is 14.3 Å². The lowest BCUT2D eigenvalue weighted by atomic mass is 9.66. The van der Waals surface area contributed by atoms with Gasteiger partial charge in [0.15, 0.2) is 5.78 Å². The average molecular weight is 218 g/mol. The first-order chi connectivity index (χ1) is 7.71. The molecule has 1 saturated heterocycles. The number of Topliss-reactive ketones (excluding diaryl/α,β-unsaturated/α-hetero) is 2. The zero-order chi connectivity index (χ0) is 11.1. The number of hydrogen-bond acceptors (Lipinski definition) is 3. The summed E-state index contributed by atoms with van der Waals surface area (Å²) < 4.78 is 5.45. The number of hydrogen-bond donors (Lipinski definition) is 0. The summed E-state index contributed by atoms with van der Waals surface area (Å²) >= 11 is 0. The van der Waals surface area contributed by atoms with E-state index in [1.807, 2.05) is 6.92 Å². The van der Waals surface area contributed by atoms with Crippen LogP contribution in [0, 0.1) is 23.2 Å². The summed E-state index contributed by atoms with van der Waals surface area (Å²) in [6.45, 7) is 1.89. The van der Waals surface area contributed by atoms with Crippen molar-refractivity contribution in [3.63, 3.8) is 0 Å². The lowest BCUT2D eigenvalue weighted by Crippen LogP contribution is -2.45. The molecule has 0 radical (unpaired) electrons. The highest BCUT2D eigenvalue weighted by Crippen LogP contribution is 2.68. The van der Waals surface area contributed by atoms with Crippen LogP contribution in [0.2, 0.25) is 0 Å². The van der Waals surface area contributed by atoms with Gasteiger partial charge in [-0.2, -0.15) is 0 Å². The lowest BCUT2D eigenvalue weighted by Gasteiger charge is -2.35. The molecule has 3 aliphatic carbocycles. The summed E-state index contributed by atoms with van der Waals surface area (Å²) in [5, 5.41) is 0. The quantitative estimate of drug-likeness (QED) is 0.515. The van der Waals surface area contributed by atoms with E-state index in [9.17, 15) is 9.59 Å². The molecular formula is C13H14O3. The summed E-state index contributed by atoms with van der Waals surface area (Å²) in [7, 11) is 0. The first-order valence-electron chi connectivity index (χ1n) is 6.12. The molecule has 1 heterocycles. The van der Waals surface area contributed by atoms with Gasteiger partial charge in [0.25, 0.3) is 0 Å². The molecular weight excluding hydrogens is 204 g/mol. The standard InChI is InChI=1S/C13H14O3/c1-2-8(14)13-7-4-3-6(5-7)9(13)10(15)11-12(13)16-11/h3-4,6-7,9,11-12H,2,5H2,1H3/t6-,7-,9+,11+,12-,13-/m0/s1. The summed E-state index contributed by atoms with van der Waals surface area (Å²) in [5.74, 6) is 0.954. The highest BCUT2D eigenvalue weighted by atomic mass is 16.6. The van der Waals surface area contributed by atoms with Crippen LogP contribution in [0.1, 0.15) is 19.8 Å². The van der Waals surface area contributed by atoms with Gasteiger partial charge in [-0.3, -0.25) is 9.59 Å². The van der Waals surface area contributed by atoms with E-state index in [0.29, 0.717) is 12.3 Å². The van der Waals surface area contributed by atoms with Gasteiger partial charge in [-0.25, -0.2) is 0 Å². The maximum absolute atomic E-state index is 12.3. The highest BCUT2D eigenvalue weighted by Gasteiger charge is 2.79. The van der Waals surface area contributed by atoms with Crippen molar-refractivity contribution in [2.24, 2.45) is 23.2 Å². The third-order valence-corrected chi connectivity index (χ3v) is 5.03. The molecule has 2 saturated carbocycles. The van der Waals surface area contributed by atoms with Gasteiger partial charge in [-0.1, -0.05) is 19.1 Å². The minimum atomic E-state index is -0.462. The number of carbonyl (C=O) groups is 2. The number of carbonyl (C=O) groups excluding carboxylic acids is 2. The molecule has 2 bridgehead atoms. The maximum atomic E-state index is 12.3. The minimum absolute atomic E-state index is 0.0568. The zero-order valence-electron chi connectivity index (χ0n) is 9.18. The summed E-state index contributed by atoms with van der Waals surface area (Å²) in [4.78, 5) is 24.5. The Hall–Kier alpha value is -0.960. The van der Waals surface area contributed by atoms with E-state index in [2.05, 4.69) is 12.2 Å². The van der Waals surface area contributed by atoms with Gasteiger partial charge in [0.2, 0.25) is 0 Å². The molecule has 0 aromatic heterocycles. The maximum Gasteiger partial charge on any atom is 0.169 e. The molecule has 1 aliphatic heterocycles. The van der Waals surface area contributed by atoms with Crippen molar-refractivity contribution in [1.29, 1.82) is 0 Å². The Morgan fingerprint density at radius 2 is 2.38 bits per heavy atom. The van der Waals surface area contributed by atoms with Gasteiger partial charge in [0.05, 0.1) is 5.41 Å². The Morgan fingerprint density at radius 1 is 1.56 bits per heavy atom. The molecule has 16 heavy (non-hydrogen) atoms. The largest absolute Gasteiger partial charge is 0.360 e. The fourth-order valence-electron chi connectivity index (χ4n) is 4.46. The lowest BCUT2D eigenvalue weighted by molar-refractivity contribution is -0.141. The van der Waals surface area contributed by atoms with Crippen LogP contribution < -0.4 is 0 Å². The van der Waals surface area contributed by atoms with Crippen LogP contribution in [-0.4, -0.2) is 23.8 Å². The van der Waals surface area contributed by atoms with Crippen molar-refractivity contribution < 1.29 is 14.3 Å². The molecule has 3 fully saturated rings. The zero-order valence-corrected chi connectivity index (χ0v) is 9.18. The van der Waals surface area contributed by atoms with Crippen LogP contribution in [0.4, 0.5) is 0 Å². The monoisotopic (exact) mass is 218 g/mol. The smallest absolute Gasteiger partial charge is 0.169 e. The third-order valence-electron chi connectivity index (χ3n) is 5.03. The van der Waals surface area contributed by atoms with Crippen LogP contribution in [0.25, 0.3) is 0 Å². The first kappa shape index (κ1) is 9.11. The van der Waals surface area contributed by atoms with Gasteiger partial charge in [-0.05, 0) is 18.3 Å². The van der Waals surface area contributed by atoms with Crippen molar-refractivity contribution in [3.05, 3.63) is 12.2 Å². The average Bonchev–Trinajstić information content (AvgIpc) is 2.73. The second-order valence-electron chi connectivity index (χ2n) is 5.46. The van der Waals surface area contributed by atoms with Crippen molar-refractivity contribution in [1.82, 2.24) is 0 Å². The van der Waals surface area contributed by atoms with E-state index in [1.54, 1.807) is 0 Å². The van der Waals surface area contributed by atoms with Crippen molar-refractivity contribution in [2.45, 2.75) is 32.0 Å². The summed E-state index contributed by atoms with van der Waals surface area (Å²) in [6.07, 6.45) is 5.45. The number of rotatable bonds is 2. The minimum Gasteiger partial charge on any atom is -0.360 e. The Kier molecular flexibility index (Phi) is 1.41. The molecule has 4 rings (SSSR count). The van der Waals surface area contributed by atoms with Crippen molar-refractivity contribution in [2.75, 3.05) is 0 Å². The number of fused-ring (bicyclic) bond motifs is 7. The fourth-order valence-corrected chi connectivity index (χ4v) is 4.46. The number of ether oxygens (including phenoxy) is 1. The second kappa shape index (κ2) is 2.48. The molecule has 3 nitrogen and oxygen atoms in total. The first-order valence-corrected chi connectivity index (χ1v) is 6.12. The predicted octanol–water partition coefficient (Wildman–Crippen LogP) is 1.12. The number of allylic oxidation sites excluding steroid dienone is 2. The van der Waals surface area contributed by atoms with E-state index < -0.39 is 5.41 Å². The molecule has 3 heteroatoms. The molecule has 0 N–H and O–H groups in total. The Morgan fingerprint density at radius 3 is 3.12 bits per heavy atom. The molecule has 0 aromatic carbocycles. The molecule has 0 amide bonds. The third kappa shape index (κ3) is 0.698. The summed E-state index contributed by atoms with van der Waals surface area (Å²) in [6, 6.07) is 0. The van der Waals surface area contributed by atoms with E-state index in [4.69, 9.17) is 4.74 Å². The van der Waals surface area contributed by atoms with Gasteiger partial charge < -0.3 is 4.74 Å². The molecule has 0 unspecified atom stereocenters.